The van der Waals surface area contributed by atoms with E-state index in [4.69, 9.17) is 12.2 Å². The van der Waals surface area contributed by atoms with Crippen molar-refractivity contribution in [3.05, 3.63) is 51.6 Å². The van der Waals surface area contributed by atoms with Gasteiger partial charge in [0.1, 0.15) is 0 Å². The van der Waals surface area contributed by atoms with Gasteiger partial charge in [0, 0.05) is 27.9 Å². The number of rotatable bonds is 1. The van der Waals surface area contributed by atoms with Crippen LogP contribution >= 0.6 is 28.1 Å². The van der Waals surface area contributed by atoms with E-state index in [-0.39, 0.29) is 0 Å². The summed E-state index contributed by atoms with van der Waals surface area (Å²) in [5.41, 5.74) is 2.97. The second kappa shape index (κ2) is 4.33. The van der Waals surface area contributed by atoms with Gasteiger partial charge in [-0.2, -0.15) is 0 Å². The van der Waals surface area contributed by atoms with Gasteiger partial charge in [-0.25, -0.2) is 0 Å². The quantitative estimate of drug-likeness (QED) is 0.683. The first kappa shape index (κ1) is 11.6. The average molecular weight is 320 g/mol. The molecule has 0 atom stereocenters. The minimum atomic E-state index is 0.685. The first-order valence-corrected chi connectivity index (χ1v) is 6.68. The van der Waals surface area contributed by atoms with Crippen molar-refractivity contribution in [1.29, 1.82) is 0 Å². The maximum absolute atomic E-state index is 5.31. The molecule has 0 unspecified atom stereocenters. The lowest BCUT2D eigenvalue weighted by Gasteiger charge is -2.06. The average Bonchev–Trinajstić information content (AvgIpc) is 2.67. The van der Waals surface area contributed by atoms with Crippen molar-refractivity contribution in [2.75, 3.05) is 0 Å². The molecule has 2 heterocycles. The van der Waals surface area contributed by atoms with E-state index in [0.29, 0.717) is 4.77 Å². The van der Waals surface area contributed by atoms with Gasteiger partial charge in [-0.05, 0) is 47.2 Å². The highest BCUT2D eigenvalue weighted by molar-refractivity contribution is 9.10. The van der Waals surface area contributed by atoms with Gasteiger partial charge < -0.3 is 4.98 Å². The number of fused-ring (bicyclic) bond motifs is 1. The smallest absolute Gasteiger partial charge is 0.182 e. The molecule has 0 bridgehead atoms. The van der Waals surface area contributed by atoms with Crippen LogP contribution in [0.2, 0.25) is 0 Å². The van der Waals surface area contributed by atoms with Gasteiger partial charge in [-0.1, -0.05) is 12.1 Å². The van der Waals surface area contributed by atoms with Crippen LogP contribution in [0.1, 0.15) is 5.69 Å². The highest BCUT2D eigenvalue weighted by Gasteiger charge is 2.06. The maximum atomic E-state index is 5.31. The molecule has 18 heavy (non-hydrogen) atoms. The number of pyridine rings is 1. The Labute approximate surface area is 118 Å². The van der Waals surface area contributed by atoms with E-state index in [1.807, 2.05) is 35.9 Å². The third-order valence-corrected chi connectivity index (χ3v) is 3.49. The van der Waals surface area contributed by atoms with Crippen LogP contribution in [-0.4, -0.2) is 14.5 Å². The van der Waals surface area contributed by atoms with Crippen LogP contribution in [0.3, 0.4) is 0 Å². The predicted octanol–water partition coefficient (Wildman–Crippen LogP) is 4.15. The van der Waals surface area contributed by atoms with Crippen LogP contribution in [0.5, 0.6) is 0 Å². The monoisotopic (exact) mass is 319 g/mol. The van der Waals surface area contributed by atoms with E-state index >= 15 is 0 Å². The van der Waals surface area contributed by atoms with E-state index in [2.05, 4.69) is 32.0 Å². The predicted molar refractivity (Wildman–Crippen MR) is 78.7 cm³/mol. The standard InChI is InChI=1S/C13H10BrN3S/c1-8-7-17(13(18)16-8)11-4-2-3-9-5-10(14)6-15-12(9)11/h2-7H,1H3,(H,16,18). The zero-order valence-electron chi connectivity index (χ0n) is 9.64. The number of aromatic nitrogens is 3. The summed E-state index contributed by atoms with van der Waals surface area (Å²) in [6.45, 7) is 1.99. The Kier molecular flexibility index (Phi) is 2.80. The molecule has 0 saturated heterocycles. The van der Waals surface area contributed by atoms with Crippen molar-refractivity contribution in [3.63, 3.8) is 0 Å². The number of H-pyrrole nitrogens is 1. The lowest BCUT2D eigenvalue weighted by atomic mass is 10.2. The van der Waals surface area contributed by atoms with E-state index < -0.39 is 0 Å². The van der Waals surface area contributed by atoms with Crippen molar-refractivity contribution in [2.45, 2.75) is 6.92 Å². The summed E-state index contributed by atoms with van der Waals surface area (Å²) in [6.07, 6.45) is 3.79. The molecule has 0 aliphatic heterocycles. The van der Waals surface area contributed by atoms with E-state index in [1.165, 1.54) is 0 Å². The first-order chi connectivity index (χ1) is 8.65. The zero-order valence-corrected chi connectivity index (χ0v) is 12.0. The number of imidazole rings is 1. The molecule has 3 aromatic rings. The Morgan fingerprint density at radius 2 is 2.22 bits per heavy atom. The minimum Gasteiger partial charge on any atom is -0.335 e. The number of nitrogens with one attached hydrogen (secondary N) is 1. The Morgan fingerprint density at radius 1 is 1.39 bits per heavy atom. The lowest BCUT2D eigenvalue weighted by molar-refractivity contribution is 1.04. The number of hydrogen-bond donors (Lipinski definition) is 1. The lowest BCUT2D eigenvalue weighted by Crippen LogP contribution is -1.95. The normalized spacial score (nSPS) is 11.0. The highest BCUT2D eigenvalue weighted by atomic mass is 79.9. The molecule has 0 aliphatic rings. The Hall–Kier alpha value is -1.46. The molecular weight excluding hydrogens is 310 g/mol. The summed E-state index contributed by atoms with van der Waals surface area (Å²) in [6, 6.07) is 8.12. The van der Waals surface area contributed by atoms with E-state index in [0.717, 1.165) is 26.8 Å². The summed E-state index contributed by atoms with van der Waals surface area (Å²) in [5, 5.41) is 1.09. The van der Waals surface area contributed by atoms with Gasteiger partial charge in [0.2, 0.25) is 0 Å². The Morgan fingerprint density at radius 3 is 2.94 bits per heavy atom. The second-order valence-corrected chi connectivity index (χ2v) is 5.42. The molecule has 3 rings (SSSR count). The number of hydrogen-bond acceptors (Lipinski definition) is 2. The largest absolute Gasteiger partial charge is 0.335 e. The minimum absolute atomic E-state index is 0.685. The third kappa shape index (κ3) is 1.89. The fraction of sp³-hybridized carbons (Fsp3) is 0.0769. The number of para-hydroxylation sites is 1. The van der Waals surface area contributed by atoms with E-state index in [9.17, 15) is 0 Å². The second-order valence-electron chi connectivity index (χ2n) is 4.11. The molecule has 0 amide bonds. The van der Waals surface area contributed by atoms with Crippen LogP contribution in [0.25, 0.3) is 16.6 Å². The molecule has 0 radical (unpaired) electrons. The summed E-state index contributed by atoms with van der Waals surface area (Å²) >= 11 is 8.75. The number of aryl methyl sites for hydroxylation is 1. The molecule has 3 nitrogen and oxygen atoms in total. The topological polar surface area (TPSA) is 33.6 Å². The SMILES string of the molecule is Cc1cn(-c2cccc3cc(Br)cnc23)c(=S)[nH]1. The highest BCUT2D eigenvalue weighted by Crippen LogP contribution is 2.23. The fourth-order valence-corrected chi connectivity index (χ4v) is 2.67. The maximum Gasteiger partial charge on any atom is 0.182 e. The Bertz CT molecular complexity index is 788. The van der Waals surface area contributed by atoms with Gasteiger partial charge in [0.25, 0.3) is 0 Å². The number of benzene rings is 1. The molecule has 0 saturated carbocycles. The molecule has 1 N–H and O–H groups in total. The summed E-state index contributed by atoms with van der Waals surface area (Å²) in [4.78, 5) is 7.60. The Balaban J connectivity index is 2.36. The van der Waals surface area contributed by atoms with Crippen LogP contribution in [-0.2, 0) is 0 Å². The summed E-state index contributed by atoms with van der Waals surface area (Å²) < 4.78 is 3.61. The molecule has 90 valence electrons. The van der Waals surface area contributed by atoms with Gasteiger partial charge in [-0.3, -0.25) is 9.55 Å². The molecular formula is C13H10BrN3S. The van der Waals surface area contributed by atoms with Crippen LogP contribution in [0.15, 0.2) is 41.1 Å². The van der Waals surface area contributed by atoms with Crippen LogP contribution in [0, 0.1) is 11.7 Å². The molecule has 1 aromatic carbocycles. The molecule has 0 fully saturated rings. The van der Waals surface area contributed by atoms with E-state index in [1.54, 1.807) is 6.20 Å². The molecule has 0 spiro atoms. The molecule has 5 heteroatoms. The number of aromatic amines is 1. The van der Waals surface area contributed by atoms with Gasteiger partial charge in [0.05, 0.1) is 11.2 Å². The van der Waals surface area contributed by atoms with Gasteiger partial charge in [0.15, 0.2) is 4.77 Å². The van der Waals surface area contributed by atoms with Crippen LogP contribution < -0.4 is 0 Å². The van der Waals surface area contributed by atoms with Crippen molar-refractivity contribution in [1.82, 2.24) is 14.5 Å². The molecule has 2 aromatic heterocycles. The van der Waals surface area contributed by atoms with Crippen molar-refractivity contribution in [3.8, 4) is 5.69 Å². The summed E-state index contributed by atoms with van der Waals surface area (Å²) in [7, 11) is 0. The van der Waals surface area contributed by atoms with Crippen molar-refractivity contribution < 1.29 is 0 Å². The fourth-order valence-electron chi connectivity index (χ4n) is 2.00. The number of halogens is 1. The van der Waals surface area contributed by atoms with Crippen LogP contribution in [0.4, 0.5) is 0 Å². The third-order valence-electron chi connectivity index (χ3n) is 2.76. The van der Waals surface area contributed by atoms with Gasteiger partial charge in [-0.15, -0.1) is 0 Å². The first-order valence-electron chi connectivity index (χ1n) is 5.48. The van der Waals surface area contributed by atoms with Crippen molar-refractivity contribution in [2.24, 2.45) is 0 Å². The number of nitrogens with zero attached hydrogens (tertiary/aromatic N) is 2. The van der Waals surface area contributed by atoms with Gasteiger partial charge >= 0.3 is 0 Å². The zero-order chi connectivity index (χ0) is 12.7. The molecule has 0 aliphatic carbocycles. The van der Waals surface area contributed by atoms with Crippen molar-refractivity contribution >= 4 is 39.1 Å². The summed E-state index contributed by atoms with van der Waals surface area (Å²) in [5.74, 6) is 0.